The van der Waals surface area contributed by atoms with Crippen molar-refractivity contribution in [2.24, 2.45) is 0 Å². The SMILES string of the molecule is Cc1ccc(OCC(=O)NCCc2cc(-c3ccccc3)on2)cc1. The van der Waals surface area contributed by atoms with E-state index in [1.807, 2.05) is 67.6 Å². The van der Waals surface area contributed by atoms with E-state index in [0.717, 1.165) is 22.6 Å². The number of carbonyl (C=O) groups is 1. The molecule has 0 saturated heterocycles. The standard InChI is InChI=1S/C20H20N2O3/c1-15-7-9-18(10-8-15)24-14-20(23)21-12-11-17-13-19(25-22-17)16-5-3-2-4-6-16/h2-10,13H,11-12,14H2,1H3,(H,21,23). The normalized spacial score (nSPS) is 10.4. The molecule has 25 heavy (non-hydrogen) atoms. The molecule has 0 spiro atoms. The predicted molar refractivity (Wildman–Crippen MR) is 95.3 cm³/mol. The molecule has 1 heterocycles. The van der Waals surface area contributed by atoms with Gasteiger partial charge in [-0.1, -0.05) is 53.2 Å². The molecule has 0 bridgehead atoms. The summed E-state index contributed by atoms with van der Waals surface area (Å²) in [5, 5.41) is 6.85. The molecule has 128 valence electrons. The van der Waals surface area contributed by atoms with Crippen molar-refractivity contribution in [3.63, 3.8) is 0 Å². The Morgan fingerprint density at radius 3 is 2.64 bits per heavy atom. The first-order valence-electron chi connectivity index (χ1n) is 8.18. The highest BCUT2D eigenvalue weighted by Crippen LogP contribution is 2.19. The zero-order valence-corrected chi connectivity index (χ0v) is 14.1. The topological polar surface area (TPSA) is 64.4 Å². The van der Waals surface area contributed by atoms with Gasteiger partial charge >= 0.3 is 0 Å². The Morgan fingerprint density at radius 1 is 1.12 bits per heavy atom. The number of hydrogen-bond donors (Lipinski definition) is 1. The van der Waals surface area contributed by atoms with Gasteiger partial charge in [0.05, 0.1) is 5.69 Å². The Balaban J connectivity index is 1.41. The Labute approximate surface area is 146 Å². The van der Waals surface area contributed by atoms with Crippen LogP contribution in [0.1, 0.15) is 11.3 Å². The maximum atomic E-state index is 11.8. The molecule has 5 nitrogen and oxygen atoms in total. The third-order valence-corrected chi connectivity index (χ3v) is 3.71. The molecule has 0 aliphatic carbocycles. The minimum Gasteiger partial charge on any atom is -0.484 e. The molecule has 3 rings (SSSR count). The minimum absolute atomic E-state index is 0.00284. The molecular formula is C20H20N2O3. The summed E-state index contributed by atoms with van der Waals surface area (Å²) in [5.74, 6) is 1.25. The van der Waals surface area contributed by atoms with Gasteiger partial charge in [0.1, 0.15) is 5.75 Å². The Bertz CT molecular complexity index is 810. The summed E-state index contributed by atoms with van der Waals surface area (Å²) < 4.78 is 10.8. The van der Waals surface area contributed by atoms with Crippen molar-refractivity contribution in [1.29, 1.82) is 0 Å². The van der Waals surface area contributed by atoms with Crippen LogP contribution in [0.4, 0.5) is 0 Å². The lowest BCUT2D eigenvalue weighted by Crippen LogP contribution is -2.30. The molecule has 1 amide bonds. The van der Waals surface area contributed by atoms with Crippen molar-refractivity contribution in [1.82, 2.24) is 10.5 Å². The molecule has 1 aromatic heterocycles. The van der Waals surface area contributed by atoms with Crippen molar-refractivity contribution in [3.8, 4) is 17.1 Å². The smallest absolute Gasteiger partial charge is 0.257 e. The van der Waals surface area contributed by atoms with Gasteiger partial charge in [0, 0.05) is 24.6 Å². The number of nitrogens with zero attached hydrogens (tertiary/aromatic N) is 1. The number of rotatable bonds is 7. The predicted octanol–water partition coefficient (Wildman–Crippen LogP) is 3.39. The van der Waals surface area contributed by atoms with Crippen LogP contribution in [-0.2, 0) is 11.2 Å². The second kappa shape index (κ2) is 8.15. The lowest BCUT2D eigenvalue weighted by molar-refractivity contribution is -0.123. The fourth-order valence-electron chi connectivity index (χ4n) is 2.33. The second-order valence-electron chi connectivity index (χ2n) is 5.75. The highest BCUT2D eigenvalue weighted by Gasteiger charge is 2.07. The van der Waals surface area contributed by atoms with Crippen LogP contribution < -0.4 is 10.1 Å². The highest BCUT2D eigenvalue weighted by atomic mass is 16.5. The van der Waals surface area contributed by atoms with Crippen LogP contribution in [0.25, 0.3) is 11.3 Å². The van der Waals surface area contributed by atoms with Crippen molar-refractivity contribution in [3.05, 3.63) is 71.9 Å². The molecule has 3 aromatic rings. The number of carbonyl (C=O) groups excluding carboxylic acids is 1. The van der Waals surface area contributed by atoms with Crippen molar-refractivity contribution in [2.45, 2.75) is 13.3 Å². The van der Waals surface area contributed by atoms with E-state index in [1.165, 1.54) is 0 Å². The van der Waals surface area contributed by atoms with E-state index in [4.69, 9.17) is 9.26 Å². The minimum atomic E-state index is -0.160. The Kier molecular flexibility index (Phi) is 5.46. The summed E-state index contributed by atoms with van der Waals surface area (Å²) in [4.78, 5) is 11.8. The van der Waals surface area contributed by atoms with Gasteiger partial charge in [0.15, 0.2) is 12.4 Å². The molecule has 0 atom stereocenters. The largest absolute Gasteiger partial charge is 0.484 e. The monoisotopic (exact) mass is 336 g/mol. The van der Waals surface area contributed by atoms with E-state index >= 15 is 0 Å². The Morgan fingerprint density at radius 2 is 1.88 bits per heavy atom. The average molecular weight is 336 g/mol. The number of benzene rings is 2. The van der Waals surface area contributed by atoms with Crippen molar-refractivity contribution >= 4 is 5.91 Å². The molecular weight excluding hydrogens is 316 g/mol. The second-order valence-corrected chi connectivity index (χ2v) is 5.75. The quantitative estimate of drug-likeness (QED) is 0.718. The zero-order chi connectivity index (χ0) is 17.5. The van der Waals surface area contributed by atoms with Gasteiger partial charge in [-0.2, -0.15) is 0 Å². The lowest BCUT2D eigenvalue weighted by atomic mass is 10.1. The summed E-state index contributed by atoms with van der Waals surface area (Å²) in [7, 11) is 0. The molecule has 0 unspecified atom stereocenters. The number of ether oxygens (including phenoxy) is 1. The number of hydrogen-bond acceptors (Lipinski definition) is 4. The summed E-state index contributed by atoms with van der Waals surface area (Å²) in [6.45, 7) is 2.48. The molecule has 0 fully saturated rings. The van der Waals surface area contributed by atoms with Gasteiger partial charge in [-0.15, -0.1) is 0 Å². The zero-order valence-electron chi connectivity index (χ0n) is 14.1. The van der Waals surface area contributed by atoms with Gasteiger partial charge < -0.3 is 14.6 Å². The summed E-state index contributed by atoms with van der Waals surface area (Å²) in [6, 6.07) is 19.3. The average Bonchev–Trinajstić information content (AvgIpc) is 3.11. The van der Waals surface area contributed by atoms with Crippen molar-refractivity contribution in [2.75, 3.05) is 13.2 Å². The maximum absolute atomic E-state index is 11.8. The van der Waals surface area contributed by atoms with Crippen LogP contribution >= 0.6 is 0 Å². The van der Waals surface area contributed by atoms with Crippen molar-refractivity contribution < 1.29 is 14.1 Å². The van der Waals surface area contributed by atoms with Crippen LogP contribution in [0, 0.1) is 6.92 Å². The van der Waals surface area contributed by atoms with Crippen LogP contribution in [-0.4, -0.2) is 24.2 Å². The first-order chi connectivity index (χ1) is 12.2. The van der Waals surface area contributed by atoms with Gasteiger partial charge in [-0.05, 0) is 19.1 Å². The van der Waals surface area contributed by atoms with E-state index in [1.54, 1.807) is 0 Å². The van der Waals surface area contributed by atoms with Gasteiger partial charge in [0.2, 0.25) is 0 Å². The summed E-state index contributed by atoms with van der Waals surface area (Å²) in [5.41, 5.74) is 2.94. The third kappa shape index (κ3) is 4.94. The third-order valence-electron chi connectivity index (χ3n) is 3.71. The molecule has 5 heteroatoms. The molecule has 0 saturated carbocycles. The fraction of sp³-hybridized carbons (Fsp3) is 0.200. The summed E-state index contributed by atoms with van der Waals surface area (Å²) >= 11 is 0. The maximum Gasteiger partial charge on any atom is 0.257 e. The number of amides is 1. The molecule has 1 N–H and O–H groups in total. The van der Waals surface area contributed by atoms with Crippen LogP contribution in [0.15, 0.2) is 65.2 Å². The van der Waals surface area contributed by atoms with E-state index in [2.05, 4.69) is 10.5 Å². The first kappa shape index (κ1) is 16.8. The van der Waals surface area contributed by atoms with E-state index < -0.39 is 0 Å². The Hall–Kier alpha value is -3.08. The first-order valence-corrected chi connectivity index (χ1v) is 8.18. The van der Waals surface area contributed by atoms with Gasteiger partial charge in [-0.25, -0.2) is 0 Å². The fourth-order valence-corrected chi connectivity index (χ4v) is 2.33. The van der Waals surface area contributed by atoms with E-state index in [0.29, 0.717) is 18.7 Å². The number of aromatic nitrogens is 1. The molecule has 2 aromatic carbocycles. The van der Waals surface area contributed by atoms with E-state index in [9.17, 15) is 4.79 Å². The van der Waals surface area contributed by atoms with Crippen LogP contribution in [0.2, 0.25) is 0 Å². The van der Waals surface area contributed by atoms with Crippen LogP contribution in [0.3, 0.4) is 0 Å². The molecule has 0 radical (unpaired) electrons. The van der Waals surface area contributed by atoms with Gasteiger partial charge in [-0.3, -0.25) is 4.79 Å². The van der Waals surface area contributed by atoms with E-state index in [-0.39, 0.29) is 12.5 Å². The lowest BCUT2D eigenvalue weighted by Gasteiger charge is -2.07. The molecule has 0 aliphatic heterocycles. The van der Waals surface area contributed by atoms with Gasteiger partial charge in [0.25, 0.3) is 5.91 Å². The number of nitrogens with one attached hydrogen (secondary N) is 1. The molecule has 0 aliphatic rings. The highest BCUT2D eigenvalue weighted by molar-refractivity contribution is 5.77. The number of aryl methyl sites for hydroxylation is 1. The summed E-state index contributed by atoms with van der Waals surface area (Å²) in [6.07, 6.45) is 0.604. The van der Waals surface area contributed by atoms with Crippen LogP contribution in [0.5, 0.6) is 5.75 Å².